The Balaban J connectivity index is 3.08. The molecular weight excluding hydrogens is 166 g/mol. The molecule has 0 spiro atoms. The zero-order valence-corrected chi connectivity index (χ0v) is 8.50. The average Bonchev–Trinajstić information content (AvgIpc) is 2.16. The van der Waals surface area contributed by atoms with Crippen LogP contribution in [0, 0.1) is 0 Å². The van der Waals surface area contributed by atoms with Gasteiger partial charge in [0, 0.05) is 20.2 Å². The first-order valence-corrected chi connectivity index (χ1v) is 4.08. The quantitative estimate of drug-likeness (QED) is 0.709. The van der Waals surface area contributed by atoms with Gasteiger partial charge in [-0.15, -0.1) is 0 Å². The van der Waals surface area contributed by atoms with Gasteiger partial charge in [0.25, 0.3) is 0 Å². The van der Waals surface area contributed by atoms with Crippen LogP contribution in [0.2, 0.25) is 0 Å². The monoisotopic (exact) mass is 181 g/mol. The summed E-state index contributed by atoms with van der Waals surface area (Å²) in [5.41, 5.74) is 1.04. The van der Waals surface area contributed by atoms with Crippen molar-refractivity contribution in [3.8, 4) is 11.5 Å². The summed E-state index contributed by atoms with van der Waals surface area (Å²) in [5.74, 6) is 1.63. The van der Waals surface area contributed by atoms with Crippen LogP contribution in [0.25, 0.3) is 0 Å². The standard InChI is InChI=1S/C10H15NO2/c1-11(2)9-6-5-8(12-3)7-10(9)13-4/h5-7H,1-4H3. The third-order valence-electron chi connectivity index (χ3n) is 1.87. The Labute approximate surface area is 78.9 Å². The Kier molecular flexibility index (Phi) is 3.01. The van der Waals surface area contributed by atoms with Gasteiger partial charge in [-0.3, -0.25) is 0 Å². The summed E-state index contributed by atoms with van der Waals surface area (Å²) in [6, 6.07) is 5.75. The van der Waals surface area contributed by atoms with Crippen LogP contribution in [0.5, 0.6) is 11.5 Å². The predicted molar refractivity (Wildman–Crippen MR) is 53.9 cm³/mol. The summed E-state index contributed by atoms with van der Waals surface area (Å²) in [5, 5.41) is 0. The molecular formula is C10H15NO2. The number of anilines is 1. The number of hydrogen-bond donors (Lipinski definition) is 0. The number of rotatable bonds is 3. The fraction of sp³-hybridized carbons (Fsp3) is 0.400. The van der Waals surface area contributed by atoms with Crippen LogP contribution in [0.3, 0.4) is 0 Å². The second-order valence-electron chi connectivity index (χ2n) is 2.93. The summed E-state index contributed by atoms with van der Waals surface area (Å²) in [6.07, 6.45) is 0. The number of benzene rings is 1. The van der Waals surface area contributed by atoms with E-state index in [0.29, 0.717) is 0 Å². The van der Waals surface area contributed by atoms with Gasteiger partial charge in [-0.2, -0.15) is 0 Å². The van der Waals surface area contributed by atoms with Gasteiger partial charge in [0.1, 0.15) is 11.5 Å². The topological polar surface area (TPSA) is 21.7 Å². The first-order chi connectivity index (χ1) is 6.19. The highest BCUT2D eigenvalue weighted by molar-refractivity contribution is 5.60. The smallest absolute Gasteiger partial charge is 0.145 e. The maximum Gasteiger partial charge on any atom is 0.145 e. The molecule has 1 rings (SSSR count). The number of ether oxygens (including phenoxy) is 2. The molecule has 0 saturated heterocycles. The summed E-state index contributed by atoms with van der Waals surface area (Å²) in [7, 11) is 7.25. The third-order valence-corrected chi connectivity index (χ3v) is 1.87. The minimum Gasteiger partial charge on any atom is -0.497 e. The first kappa shape index (κ1) is 9.71. The van der Waals surface area contributed by atoms with Crippen molar-refractivity contribution in [2.24, 2.45) is 0 Å². The van der Waals surface area contributed by atoms with E-state index in [9.17, 15) is 0 Å². The van der Waals surface area contributed by atoms with Crippen molar-refractivity contribution in [3.63, 3.8) is 0 Å². The Morgan fingerprint density at radius 1 is 1.08 bits per heavy atom. The average molecular weight is 181 g/mol. The zero-order chi connectivity index (χ0) is 9.84. The van der Waals surface area contributed by atoms with E-state index in [0.717, 1.165) is 17.2 Å². The van der Waals surface area contributed by atoms with Gasteiger partial charge in [0.2, 0.25) is 0 Å². The molecule has 0 unspecified atom stereocenters. The van der Waals surface area contributed by atoms with E-state index in [2.05, 4.69) is 0 Å². The maximum absolute atomic E-state index is 5.23. The number of hydrogen-bond acceptors (Lipinski definition) is 3. The molecule has 0 aliphatic rings. The molecule has 0 N–H and O–H groups in total. The van der Waals surface area contributed by atoms with E-state index in [4.69, 9.17) is 9.47 Å². The predicted octanol–water partition coefficient (Wildman–Crippen LogP) is 1.77. The molecule has 3 heteroatoms. The molecule has 1 aromatic rings. The van der Waals surface area contributed by atoms with Crippen LogP contribution in [-0.4, -0.2) is 28.3 Å². The highest BCUT2D eigenvalue weighted by Crippen LogP contribution is 2.30. The summed E-state index contributed by atoms with van der Waals surface area (Å²) in [6.45, 7) is 0. The van der Waals surface area contributed by atoms with Crippen LogP contribution in [-0.2, 0) is 0 Å². The van der Waals surface area contributed by atoms with Crippen molar-refractivity contribution < 1.29 is 9.47 Å². The number of nitrogens with zero attached hydrogens (tertiary/aromatic N) is 1. The lowest BCUT2D eigenvalue weighted by Crippen LogP contribution is -2.09. The first-order valence-electron chi connectivity index (χ1n) is 4.08. The molecule has 0 aliphatic heterocycles. The van der Waals surface area contributed by atoms with Gasteiger partial charge in [0.15, 0.2) is 0 Å². The molecule has 0 heterocycles. The minimum atomic E-state index is 0.808. The summed E-state index contributed by atoms with van der Waals surface area (Å²) in [4.78, 5) is 2.00. The molecule has 13 heavy (non-hydrogen) atoms. The molecule has 1 aromatic carbocycles. The SMILES string of the molecule is COc1ccc(N(C)C)c(OC)c1. The summed E-state index contributed by atoms with van der Waals surface area (Å²) >= 11 is 0. The third kappa shape index (κ3) is 2.05. The second-order valence-corrected chi connectivity index (χ2v) is 2.93. The fourth-order valence-corrected chi connectivity index (χ4v) is 1.15. The number of methoxy groups -OCH3 is 2. The molecule has 0 saturated carbocycles. The molecule has 0 amide bonds. The second kappa shape index (κ2) is 4.03. The molecule has 72 valence electrons. The van der Waals surface area contributed by atoms with E-state index in [1.165, 1.54) is 0 Å². The van der Waals surface area contributed by atoms with Crippen molar-refractivity contribution >= 4 is 5.69 Å². The van der Waals surface area contributed by atoms with E-state index >= 15 is 0 Å². The van der Waals surface area contributed by atoms with E-state index in [1.54, 1.807) is 14.2 Å². The maximum atomic E-state index is 5.23. The highest BCUT2D eigenvalue weighted by atomic mass is 16.5. The van der Waals surface area contributed by atoms with Crippen molar-refractivity contribution in [2.75, 3.05) is 33.2 Å². The van der Waals surface area contributed by atoms with Crippen LogP contribution in [0.15, 0.2) is 18.2 Å². The lowest BCUT2D eigenvalue weighted by atomic mass is 10.2. The van der Waals surface area contributed by atoms with E-state index < -0.39 is 0 Å². The van der Waals surface area contributed by atoms with Crippen LogP contribution in [0.4, 0.5) is 5.69 Å². The van der Waals surface area contributed by atoms with Crippen LogP contribution < -0.4 is 14.4 Å². The lowest BCUT2D eigenvalue weighted by Gasteiger charge is -2.16. The largest absolute Gasteiger partial charge is 0.497 e. The highest BCUT2D eigenvalue weighted by Gasteiger charge is 2.05. The molecule has 3 nitrogen and oxygen atoms in total. The molecule has 0 bridgehead atoms. The molecule has 0 aliphatic carbocycles. The molecule has 0 atom stereocenters. The molecule has 0 aromatic heterocycles. The lowest BCUT2D eigenvalue weighted by molar-refractivity contribution is 0.395. The molecule has 0 radical (unpaired) electrons. The van der Waals surface area contributed by atoms with Crippen molar-refractivity contribution in [1.82, 2.24) is 0 Å². The Morgan fingerprint density at radius 2 is 1.77 bits per heavy atom. The Hall–Kier alpha value is -1.38. The van der Waals surface area contributed by atoms with Gasteiger partial charge >= 0.3 is 0 Å². The van der Waals surface area contributed by atoms with Crippen molar-refractivity contribution in [1.29, 1.82) is 0 Å². The van der Waals surface area contributed by atoms with Crippen LogP contribution in [0.1, 0.15) is 0 Å². The Bertz CT molecular complexity index is 284. The van der Waals surface area contributed by atoms with Gasteiger partial charge in [-0.25, -0.2) is 0 Å². The summed E-state index contributed by atoms with van der Waals surface area (Å²) < 4.78 is 10.3. The van der Waals surface area contributed by atoms with E-state index in [-0.39, 0.29) is 0 Å². The minimum absolute atomic E-state index is 0.808. The van der Waals surface area contributed by atoms with Crippen LogP contribution >= 0.6 is 0 Å². The van der Waals surface area contributed by atoms with E-state index in [1.807, 2.05) is 37.2 Å². The zero-order valence-electron chi connectivity index (χ0n) is 8.50. The van der Waals surface area contributed by atoms with Gasteiger partial charge in [-0.05, 0) is 12.1 Å². The molecule has 0 fully saturated rings. The van der Waals surface area contributed by atoms with Gasteiger partial charge < -0.3 is 14.4 Å². The fourth-order valence-electron chi connectivity index (χ4n) is 1.15. The Morgan fingerprint density at radius 3 is 2.23 bits per heavy atom. The van der Waals surface area contributed by atoms with Gasteiger partial charge in [-0.1, -0.05) is 0 Å². The van der Waals surface area contributed by atoms with Crippen molar-refractivity contribution in [2.45, 2.75) is 0 Å². The normalized spacial score (nSPS) is 9.54. The van der Waals surface area contributed by atoms with Gasteiger partial charge in [0.05, 0.1) is 19.9 Å². The van der Waals surface area contributed by atoms with Crippen molar-refractivity contribution in [3.05, 3.63) is 18.2 Å².